The van der Waals surface area contributed by atoms with Crippen molar-refractivity contribution in [3.8, 4) is 5.75 Å². The zero-order valence-corrected chi connectivity index (χ0v) is 16.6. The monoisotopic (exact) mass is 425 g/mol. The van der Waals surface area contributed by atoms with Crippen LogP contribution >= 0.6 is 46.4 Å². The number of hydrogen-bond donors (Lipinski definition) is 1. The molecule has 0 radical (unpaired) electrons. The number of hydrogen-bond acceptors (Lipinski definition) is 2. The van der Waals surface area contributed by atoms with Gasteiger partial charge >= 0.3 is 0 Å². The molecule has 0 spiro atoms. The molecule has 0 saturated heterocycles. The van der Waals surface area contributed by atoms with Crippen LogP contribution in [0.25, 0.3) is 0 Å². The summed E-state index contributed by atoms with van der Waals surface area (Å²) in [5, 5.41) is 5.58. The Morgan fingerprint density at radius 1 is 0.731 bits per heavy atom. The van der Waals surface area contributed by atoms with E-state index in [1.54, 1.807) is 24.3 Å². The van der Waals surface area contributed by atoms with E-state index in [-0.39, 0.29) is 0 Å². The summed E-state index contributed by atoms with van der Waals surface area (Å²) in [6.07, 6.45) is 0. The summed E-state index contributed by atoms with van der Waals surface area (Å²) in [6, 6.07) is 18.7. The lowest BCUT2D eigenvalue weighted by atomic mass is 10.2. The first kappa shape index (κ1) is 19.2. The van der Waals surface area contributed by atoms with Crippen molar-refractivity contribution in [1.29, 1.82) is 0 Å². The Morgan fingerprint density at radius 3 is 2.19 bits per heavy atom. The zero-order chi connectivity index (χ0) is 18.5. The molecule has 0 heterocycles. The third kappa shape index (κ3) is 5.21. The number of nitrogens with one attached hydrogen (secondary N) is 1. The molecule has 6 heteroatoms. The molecule has 3 aromatic rings. The van der Waals surface area contributed by atoms with Crippen molar-refractivity contribution in [1.82, 2.24) is 0 Å². The molecule has 0 aliphatic carbocycles. The van der Waals surface area contributed by atoms with Gasteiger partial charge in [0.15, 0.2) is 0 Å². The maximum Gasteiger partial charge on any atom is 0.119 e. The second kappa shape index (κ2) is 8.88. The summed E-state index contributed by atoms with van der Waals surface area (Å²) < 4.78 is 5.78. The van der Waals surface area contributed by atoms with E-state index in [1.165, 1.54) is 0 Å². The number of halogens is 4. The molecule has 0 fully saturated rings. The summed E-state index contributed by atoms with van der Waals surface area (Å²) in [7, 11) is 0. The van der Waals surface area contributed by atoms with Crippen LogP contribution in [0.1, 0.15) is 11.1 Å². The van der Waals surface area contributed by atoms with E-state index in [0.29, 0.717) is 33.2 Å². The summed E-state index contributed by atoms with van der Waals surface area (Å²) in [5.41, 5.74) is 2.92. The van der Waals surface area contributed by atoms with Crippen LogP contribution in [-0.2, 0) is 13.2 Å². The molecular weight excluding hydrogens is 412 g/mol. The van der Waals surface area contributed by atoms with Gasteiger partial charge in [-0.05, 0) is 48.0 Å². The highest BCUT2D eigenvalue weighted by molar-refractivity contribution is 6.42. The normalized spacial score (nSPS) is 10.6. The van der Waals surface area contributed by atoms with Gasteiger partial charge < -0.3 is 10.1 Å². The van der Waals surface area contributed by atoms with Gasteiger partial charge in [0.25, 0.3) is 0 Å². The number of benzene rings is 3. The van der Waals surface area contributed by atoms with E-state index in [1.807, 2.05) is 36.4 Å². The Bertz CT molecular complexity index is 897. The van der Waals surface area contributed by atoms with Gasteiger partial charge in [-0.25, -0.2) is 0 Å². The smallest absolute Gasteiger partial charge is 0.119 e. The molecule has 0 amide bonds. The van der Waals surface area contributed by atoms with E-state index in [4.69, 9.17) is 51.1 Å². The molecule has 0 atom stereocenters. The standard InChI is InChI=1S/C20H15Cl4NO/c21-15-4-3-14(19(23)9-15)12-26-17-6-1-13(2-7-17)11-25-16-5-8-18(22)20(24)10-16/h1-10,25H,11-12H2. The first-order valence-electron chi connectivity index (χ1n) is 7.86. The first-order valence-corrected chi connectivity index (χ1v) is 9.37. The third-order valence-corrected chi connectivity index (χ3v) is 5.08. The van der Waals surface area contributed by atoms with E-state index in [0.717, 1.165) is 22.6 Å². The Morgan fingerprint density at radius 2 is 1.50 bits per heavy atom. The highest BCUT2D eigenvalue weighted by Gasteiger charge is 2.03. The fourth-order valence-electron chi connectivity index (χ4n) is 2.31. The Kier molecular flexibility index (Phi) is 6.55. The zero-order valence-electron chi connectivity index (χ0n) is 13.6. The van der Waals surface area contributed by atoms with Gasteiger partial charge in [0.2, 0.25) is 0 Å². The molecule has 1 N–H and O–H groups in total. The van der Waals surface area contributed by atoms with E-state index in [2.05, 4.69) is 5.32 Å². The summed E-state index contributed by atoms with van der Waals surface area (Å²) in [5.74, 6) is 0.773. The van der Waals surface area contributed by atoms with Gasteiger partial charge in [0, 0.05) is 27.8 Å². The topological polar surface area (TPSA) is 21.3 Å². The first-order chi connectivity index (χ1) is 12.5. The minimum absolute atomic E-state index is 0.386. The quantitative estimate of drug-likeness (QED) is 0.440. The third-order valence-electron chi connectivity index (χ3n) is 3.75. The van der Waals surface area contributed by atoms with Crippen LogP contribution in [0.5, 0.6) is 5.75 Å². The number of ether oxygens (including phenoxy) is 1. The summed E-state index contributed by atoms with van der Waals surface area (Å²) in [6.45, 7) is 1.05. The highest BCUT2D eigenvalue weighted by atomic mass is 35.5. The molecular formula is C20H15Cl4NO. The SMILES string of the molecule is Clc1ccc(COc2ccc(CNc3ccc(Cl)c(Cl)c3)cc2)c(Cl)c1. The molecule has 0 bridgehead atoms. The molecule has 0 unspecified atom stereocenters. The maximum absolute atomic E-state index is 6.15. The van der Waals surface area contributed by atoms with Crippen LogP contribution in [0.2, 0.25) is 20.1 Å². The van der Waals surface area contributed by atoms with E-state index >= 15 is 0 Å². The molecule has 3 rings (SSSR count). The van der Waals surface area contributed by atoms with Crippen molar-refractivity contribution < 1.29 is 4.74 Å². The Labute approximate surface area is 172 Å². The molecule has 0 saturated carbocycles. The minimum Gasteiger partial charge on any atom is -0.489 e. The second-order valence-corrected chi connectivity index (χ2v) is 7.31. The molecule has 2 nitrogen and oxygen atoms in total. The van der Waals surface area contributed by atoms with Crippen molar-refractivity contribution in [2.24, 2.45) is 0 Å². The Hall–Kier alpha value is -1.58. The van der Waals surface area contributed by atoms with Crippen LogP contribution in [0.4, 0.5) is 5.69 Å². The molecule has 26 heavy (non-hydrogen) atoms. The van der Waals surface area contributed by atoms with Gasteiger partial charge in [-0.15, -0.1) is 0 Å². The van der Waals surface area contributed by atoms with Gasteiger partial charge in [0.05, 0.1) is 10.0 Å². The van der Waals surface area contributed by atoms with E-state index < -0.39 is 0 Å². The lowest BCUT2D eigenvalue weighted by Crippen LogP contribution is -2.00. The van der Waals surface area contributed by atoms with Crippen LogP contribution in [0.3, 0.4) is 0 Å². The lowest BCUT2D eigenvalue weighted by Gasteiger charge is -2.10. The van der Waals surface area contributed by atoms with Gasteiger partial charge in [-0.1, -0.05) is 64.6 Å². The predicted octanol–water partition coefficient (Wildman–Crippen LogP) is 7.49. The van der Waals surface area contributed by atoms with Crippen LogP contribution in [0.15, 0.2) is 60.7 Å². The van der Waals surface area contributed by atoms with Gasteiger partial charge in [-0.2, -0.15) is 0 Å². The van der Waals surface area contributed by atoms with Crippen LogP contribution in [-0.4, -0.2) is 0 Å². The second-order valence-electron chi connectivity index (χ2n) is 5.65. The fraction of sp³-hybridized carbons (Fsp3) is 0.100. The van der Waals surface area contributed by atoms with Crippen LogP contribution < -0.4 is 10.1 Å². The minimum atomic E-state index is 0.386. The van der Waals surface area contributed by atoms with Crippen molar-refractivity contribution in [2.45, 2.75) is 13.2 Å². The van der Waals surface area contributed by atoms with Crippen molar-refractivity contribution in [2.75, 3.05) is 5.32 Å². The average Bonchev–Trinajstić information content (AvgIpc) is 2.63. The summed E-state index contributed by atoms with van der Waals surface area (Å²) >= 11 is 24.0. The Balaban J connectivity index is 1.55. The van der Waals surface area contributed by atoms with Crippen molar-refractivity contribution in [3.05, 3.63) is 91.9 Å². The van der Waals surface area contributed by atoms with Gasteiger partial charge in [-0.3, -0.25) is 0 Å². The van der Waals surface area contributed by atoms with Gasteiger partial charge in [0.1, 0.15) is 12.4 Å². The average molecular weight is 427 g/mol. The van der Waals surface area contributed by atoms with Crippen LogP contribution in [0, 0.1) is 0 Å². The number of anilines is 1. The molecule has 0 aliphatic heterocycles. The molecule has 3 aromatic carbocycles. The molecule has 0 aliphatic rings. The predicted molar refractivity (Wildman–Crippen MR) is 111 cm³/mol. The fourth-order valence-corrected chi connectivity index (χ4v) is 3.07. The number of rotatable bonds is 6. The summed E-state index contributed by atoms with van der Waals surface area (Å²) in [4.78, 5) is 0. The largest absolute Gasteiger partial charge is 0.489 e. The van der Waals surface area contributed by atoms with E-state index in [9.17, 15) is 0 Å². The lowest BCUT2D eigenvalue weighted by molar-refractivity contribution is 0.306. The van der Waals surface area contributed by atoms with Crippen molar-refractivity contribution in [3.63, 3.8) is 0 Å². The maximum atomic E-state index is 6.15. The van der Waals surface area contributed by atoms with Crippen molar-refractivity contribution >= 4 is 52.1 Å². The highest BCUT2D eigenvalue weighted by Crippen LogP contribution is 2.26. The molecule has 134 valence electrons. The molecule has 0 aromatic heterocycles.